The molecule has 1 aromatic carbocycles. The lowest BCUT2D eigenvalue weighted by Crippen LogP contribution is -2.11. The van der Waals surface area contributed by atoms with E-state index in [-0.39, 0.29) is 7.92 Å². The minimum Gasteiger partial charge on any atom is -0.0730 e. The molecule has 0 fully saturated rings. The summed E-state index contributed by atoms with van der Waals surface area (Å²) >= 11 is 0. The van der Waals surface area contributed by atoms with Crippen LogP contribution in [0.2, 0.25) is 0 Å². The highest BCUT2D eigenvalue weighted by atomic mass is 31.1. The highest BCUT2D eigenvalue weighted by molar-refractivity contribution is 7.66. The normalized spacial score (nSPS) is 16.8. The maximum Gasteiger partial charge on any atom is 0.0197 e. The van der Waals surface area contributed by atoms with Crippen LogP contribution >= 0.6 is 7.92 Å². The molecule has 1 unspecified atom stereocenters. The van der Waals surface area contributed by atoms with Gasteiger partial charge in [0.15, 0.2) is 0 Å². The van der Waals surface area contributed by atoms with E-state index >= 15 is 0 Å². The Hall–Kier alpha value is -0.870. The average Bonchev–Trinajstić information content (AvgIpc) is 2.85. The van der Waals surface area contributed by atoms with Gasteiger partial charge in [-0.25, -0.2) is 0 Å². The molecule has 1 heteroatoms. The molecule has 0 nitrogen and oxygen atoms in total. The molecule has 1 aliphatic carbocycles. The zero-order valence-electron chi connectivity index (χ0n) is 9.84. The van der Waals surface area contributed by atoms with E-state index in [4.69, 9.17) is 0 Å². The van der Waals surface area contributed by atoms with Crippen LogP contribution in [0.4, 0.5) is 0 Å². The van der Waals surface area contributed by atoms with Crippen LogP contribution in [-0.2, 0) is 0 Å². The first-order valence-electron chi connectivity index (χ1n) is 6.08. The van der Waals surface area contributed by atoms with E-state index in [1.807, 2.05) is 0 Å². The van der Waals surface area contributed by atoms with E-state index in [0.717, 1.165) is 0 Å². The Morgan fingerprint density at radius 3 is 2.38 bits per heavy atom. The first-order chi connectivity index (χ1) is 7.92. The van der Waals surface area contributed by atoms with Gasteiger partial charge < -0.3 is 0 Å². The fraction of sp³-hybridized carbons (Fsp3) is 0.333. The van der Waals surface area contributed by atoms with Gasteiger partial charge in [-0.15, -0.1) is 0 Å². The summed E-state index contributed by atoms with van der Waals surface area (Å²) in [5.74, 6) is 0. The van der Waals surface area contributed by atoms with Gasteiger partial charge in [0.2, 0.25) is 0 Å². The van der Waals surface area contributed by atoms with Crippen LogP contribution in [0.1, 0.15) is 19.8 Å². The van der Waals surface area contributed by atoms with E-state index in [0.29, 0.717) is 5.66 Å². The molecule has 1 aromatic rings. The van der Waals surface area contributed by atoms with Gasteiger partial charge in [0.25, 0.3) is 0 Å². The summed E-state index contributed by atoms with van der Waals surface area (Å²) in [5.41, 5.74) is 0.670. The van der Waals surface area contributed by atoms with E-state index in [1.54, 1.807) is 5.30 Å². The molecule has 0 saturated heterocycles. The molecule has 1 aliphatic rings. The fourth-order valence-corrected chi connectivity index (χ4v) is 4.75. The van der Waals surface area contributed by atoms with Gasteiger partial charge in [0.1, 0.15) is 0 Å². The summed E-state index contributed by atoms with van der Waals surface area (Å²) < 4.78 is 0. The molecule has 0 spiro atoms. The van der Waals surface area contributed by atoms with Gasteiger partial charge in [-0.3, -0.25) is 0 Å². The number of allylic oxidation sites excluding steroid dienone is 4. The van der Waals surface area contributed by atoms with Gasteiger partial charge in [-0.1, -0.05) is 75.9 Å². The van der Waals surface area contributed by atoms with Gasteiger partial charge in [-0.05, 0) is 17.9 Å². The summed E-state index contributed by atoms with van der Waals surface area (Å²) in [6, 6.07) is 11.0. The summed E-state index contributed by atoms with van der Waals surface area (Å²) in [4.78, 5) is 0. The Bertz CT molecular complexity index is 352. The van der Waals surface area contributed by atoms with Crippen molar-refractivity contribution in [2.24, 2.45) is 0 Å². The number of hydrogen-bond acceptors (Lipinski definition) is 0. The van der Waals surface area contributed by atoms with E-state index in [1.165, 1.54) is 19.0 Å². The number of benzene rings is 1. The monoisotopic (exact) mass is 230 g/mol. The van der Waals surface area contributed by atoms with Crippen LogP contribution in [0.25, 0.3) is 0 Å². The van der Waals surface area contributed by atoms with Crippen LogP contribution in [0.5, 0.6) is 0 Å². The summed E-state index contributed by atoms with van der Waals surface area (Å²) in [6.07, 6.45) is 13.1. The molecular weight excluding hydrogens is 211 g/mol. The third-order valence-electron chi connectivity index (χ3n) is 2.93. The average molecular weight is 230 g/mol. The predicted molar refractivity (Wildman–Crippen MR) is 74.8 cm³/mol. The van der Waals surface area contributed by atoms with E-state index in [9.17, 15) is 0 Å². The maximum absolute atomic E-state index is 2.36. The van der Waals surface area contributed by atoms with Crippen LogP contribution < -0.4 is 5.30 Å². The molecule has 84 valence electrons. The number of hydrogen-bond donors (Lipinski definition) is 0. The third-order valence-corrected chi connectivity index (χ3v) is 5.75. The van der Waals surface area contributed by atoms with Crippen LogP contribution in [0.3, 0.4) is 0 Å². The van der Waals surface area contributed by atoms with Gasteiger partial charge in [-0.2, -0.15) is 0 Å². The molecular formula is C15H19P. The maximum atomic E-state index is 2.36. The van der Waals surface area contributed by atoms with Crippen molar-refractivity contribution in [3.05, 3.63) is 54.6 Å². The molecule has 0 aliphatic heterocycles. The molecule has 0 heterocycles. The lowest BCUT2D eigenvalue weighted by atomic mass is 10.4. The van der Waals surface area contributed by atoms with Gasteiger partial charge in [0.05, 0.1) is 0 Å². The third kappa shape index (κ3) is 2.83. The molecule has 2 rings (SSSR count). The Kier molecular flexibility index (Phi) is 4.36. The first-order valence-corrected chi connectivity index (χ1v) is 7.68. The minimum atomic E-state index is -0.0364. The van der Waals surface area contributed by atoms with Gasteiger partial charge in [0, 0.05) is 5.66 Å². The van der Waals surface area contributed by atoms with Crippen molar-refractivity contribution in [1.29, 1.82) is 0 Å². The van der Waals surface area contributed by atoms with Crippen molar-refractivity contribution in [2.75, 3.05) is 6.16 Å². The lowest BCUT2D eigenvalue weighted by Gasteiger charge is -2.22. The van der Waals surface area contributed by atoms with Crippen molar-refractivity contribution >= 4 is 13.2 Å². The van der Waals surface area contributed by atoms with Crippen molar-refractivity contribution in [3.63, 3.8) is 0 Å². The molecule has 0 radical (unpaired) electrons. The van der Waals surface area contributed by atoms with Crippen LogP contribution in [0, 0.1) is 0 Å². The van der Waals surface area contributed by atoms with Gasteiger partial charge >= 0.3 is 0 Å². The molecule has 0 bridgehead atoms. The Morgan fingerprint density at radius 1 is 1.06 bits per heavy atom. The number of unbranched alkanes of at least 4 members (excludes halogenated alkanes) is 1. The van der Waals surface area contributed by atoms with Crippen LogP contribution in [0.15, 0.2) is 54.6 Å². The number of rotatable bonds is 5. The second-order valence-corrected chi connectivity index (χ2v) is 6.64. The smallest absolute Gasteiger partial charge is 0.0197 e. The summed E-state index contributed by atoms with van der Waals surface area (Å²) in [7, 11) is -0.0364. The lowest BCUT2D eigenvalue weighted by molar-refractivity contribution is 0.890. The molecule has 0 amide bonds. The Balaban J connectivity index is 2.14. The standard InChI is InChI=1S/C15H19P/c1-2-3-13-16(15-11-7-8-12-15)14-9-5-4-6-10-14/h4-12,15H,2-3,13H2,1H3. The van der Waals surface area contributed by atoms with Crippen molar-refractivity contribution in [2.45, 2.75) is 25.4 Å². The Labute approximate surface area is 99.8 Å². The highest BCUT2D eigenvalue weighted by Gasteiger charge is 2.18. The molecule has 0 saturated carbocycles. The first kappa shape index (κ1) is 11.6. The minimum absolute atomic E-state index is 0.0364. The second kappa shape index (κ2) is 6.01. The largest absolute Gasteiger partial charge is 0.0730 e. The molecule has 0 N–H and O–H groups in total. The van der Waals surface area contributed by atoms with Crippen molar-refractivity contribution in [1.82, 2.24) is 0 Å². The SMILES string of the molecule is CCCCP(c1ccccc1)C1C=CC=C1. The molecule has 0 aromatic heterocycles. The van der Waals surface area contributed by atoms with Crippen molar-refractivity contribution in [3.8, 4) is 0 Å². The summed E-state index contributed by atoms with van der Waals surface area (Å²) in [5, 5.41) is 1.55. The summed E-state index contributed by atoms with van der Waals surface area (Å²) in [6.45, 7) is 2.28. The highest BCUT2D eigenvalue weighted by Crippen LogP contribution is 2.43. The fourth-order valence-electron chi connectivity index (χ4n) is 2.03. The second-order valence-electron chi connectivity index (χ2n) is 4.14. The zero-order chi connectivity index (χ0) is 11.2. The predicted octanol–water partition coefficient (Wildman–Crippen LogP) is 4.09. The molecule has 1 atom stereocenters. The van der Waals surface area contributed by atoms with E-state index in [2.05, 4.69) is 61.6 Å². The molecule has 16 heavy (non-hydrogen) atoms. The van der Waals surface area contributed by atoms with E-state index < -0.39 is 0 Å². The van der Waals surface area contributed by atoms with Crippen molar-refractivity contribution < 1.29 is 0 Å². The topological polar surface area (TPSA) is 0 Å². The van der Waals surface area contributed by atoms with Crippen LogP contribution in [-0.4, -0.2) is 11.8 Å². The Morgan fingerprint density at radius 2 is 1.75 bits per heavy atom. The zero-order valence-corrected chi connectivity index (χ0v) is 10.7. The quantitative estimate of drug-likeness (QED) is 0.668.